The lowest BCUT2D eigenvalue weighted by molar-refractivity contribution is -0.0512. The van der Waals surface area contributed by atoms with Crippen LogP contribution in [-0.4, -0.2) is 29.3 Å². The Morgan fingerprint density at radius 1 is 1.35 bits per heavy atom. The fourth-order valence-corrected chi connectivity index (χ4v) is 2.09. The van der Waals surface area contributed by atoms with Gasteiger partial charge in [0.25, 0.3) is 0 Å². The molecule has 0 bridgehead atoms. The van der Waals surface area contributed by atoms with Gasteiger partial charge in [0.15, 0.2) is 17.3 Å². The quantitative estimate of drug-likeness (QED) is 0.605. The van der Waals surface area contributed by atoms with Crippen molar-refractivity contribution in [2.24, 2.45) is 7.05 Å². The van der Waals surface area contributed by atoms with Crippen LogP contribution in [0.25, 0.3) is 6.08 Å². The highest BCUT2D eigenvalue weighted by atomic mass is 19.3. The van der Waals surface area contributed by atoms with Crippen molar-refractivity contribution in [2.45, 2.75) is 13.5 Å². The second kappa shape index (κ2) is 7.04. The summed E-state index contributed by atoms with van der Waals surface area (Å²) in [7, 11) is 3.09. The normalized spacial score (nSPS) is 11.2. The fourth-order valence-electron chi connectivity index (χ4n) is 2.09. The maximum absolute atomic E-state index is 12.4. The van der Waals surface area contributed by atoms with Gasteiger partial charge in [-0.1, -0.05) is 12.1 Å². The van der Waals surface area contributed by atoms with Gasteiger partial charge in [-0.3, -0.25) is 9.48 Å². The molecule has 0 aliphatic rings. The van der Waals surface area contributed by atoms with Gasteiger partial charge in [0.05, 0.1) is 18.4 Å². The van der Waals surface area contributed by atoms with Crippen LogP contribution in [0.15, 0.2) is 30.5 Å². The minimum absolute atomic E-state index is 0.0883. The summed E-state index contributed by atoms with van der Waals surface area (Å²) >= 11 is 0. The molecule has 0 unspecified atom stereocenters. The van der Waals surface area contributed by atoms with Crippen molar-refractivity contribution in [3.63, 3.8) is 0 Å². The summed E-state index contributed by atoms with van der Waals surface area (Å²) in [6.07, 6.45) is 4.51. The van der Waals surface area contributed by atoms with E-state index in [4.69, 9.17) is 4.74 Å². The van der Waals surface area contributed by atoms with Crippen molar-refractivity contribution < 1.29 is 23.0 Å². The van der Waals surface area contributed by atoms with Crippen LogP contribution >= 0.6 is 0 Å². The molecule has 0 amide bonds. The van der Waals surface area contributed by atoms with E-state index < -0.39 is 6.61 Å². The molecule has 0 radical (unpaired) electrons. The first kappa shape index (κ1) is 16.7. The Hall–Kier alpha value is -2.70. The molecule has 0 saturated heterocycles. The Morgan fingerprint density at radius 3 is 2.65 bits per heavy atom. The van der Waals surface area contributed by atoms with Gasteiger partial charge in [-0.15, -0.1) is 0 Å². The van der Waals surface area contributed by atoms with Gasteiger partial charge < -0.3 is 9.47 Å². The number of methoxy groups -OCH3 is 1. The zero-order chi connectivity index (χ0) is 17.0. The van der Waals surface area contributed by atoms with Gasteiger partial charge in [-0.05, 0) is 30.7 Å². The first-order valence-electron chi connectivity index (χ1n) is 6.76. The number of carbonyl (C=O) groups excluding carboxylic acids is 1. The first-order valence-corrected chi connectivity index (χ1v) is 6.76. The summed E-state index contributed by atoms with van der Waals surface area (Å²) in [6.45, 7) is -1.22. The number of alkyl halides is 2. The number of hydrogen-bond acceptors (Lipinski definition) is 4. The second-order valence-electron chi connectivity index (χ2n) is 4.79. The number of nitrogens with zero attached hydrogens (tertiary/aromatic N) is 2. The summed E-state index contributed by atoms with van der Waals surface area (Å²) in [4.78, 5) is 12.1. The number of aromatic nitrogens is 2. The third-order valence-electron chi connectivity index (χ3n) is 3.11. The van der Waals surface area contributed by atoms with Gasteiger partial charge in [-0.25, -0.2) is 0 Å². The molecule has 2 rings (SSSR count). The number of benzene rings is 1. The number of aryl methyl sites for hydroxylation is 2. The zero-order valence-electron chi connectivity index (χ0n) is 12.9. The molecule has 23 heavy (non-hydrogen) atoms. The summed E-state index contributed by atoms with van der Waals surface area (Å²) < 4.78 is 35.7. The summed E-state index contributed by atoms with van der Waals surface area (Å²) in [5.74, 6) is -0.116. The molecule has 0 fully saturated rings. The van der Waals surface area contributed by atoms with Crippen molar-refractivity contribution >= 4 is 11.9 Å². The Bertz CT molecular complexity index is 739. The first-order chi connectivity index (χ1) is 10.9. The lowest BCUT2D eigenvalue weighted by atomic mass is 10.1. The van der Waals surface area contributed by atoms with Gasteiger partial charge in [0, 0.05) is 13.2 Å². The Morgan fingerprint density at radius 2 is 2.09 bits per heavy atom. The van der Waals surface area contributed by atoms with E-state index in [9.17, 15) is 13.6 Å². The van der Waals surface area contributed by atoms with Crippen LogP contribution in [0.2, 0.25) is 0 Å². The fraction of sp³-hybridized carbons (Fsp3) is 0.250. The summed E-state index contributed by atoms with van der Waals surface area (Å²) in [6, 6.07) is 4.51. The predicted octanol–water partition coefficient (Wildman–Crippen LogP) is 3.23. The Labute approximate surface area is 132 Å². The van der Waals surface area contributed by atoms with Gasteiger partial charge in [-0.2, -0.15) is 13.9 Å². The van der Waals surface area contributed by atoms with Crippen molar-refractivity contribution in [3.8, 4) is 11.5 Å². The molecule has 0 saturated carbocycles. The minimum atomic E-state index is -2.96. The highest BCUT2D eigenvalue weighted by molar-refractivity contribution is 6.07. The van der Waals surface area contributed by atoms with Crippen LogP contribution in [0.4, 0.5) is 8.78 Å². The molecule has 0 atom stereocenters. The van der Waals surface area contributed by atoms with E-state index in [1.165, 1.54) is 31.4 Å². The Balaban J connectivity index is 2.22. The molecule has 122 valence electrons. The third-order valence-corrected chi connectivity index (χ3v) is 3.11. The van der Waals surface area contributed by atoms with E-state index in [1.807, 2.05) is 0 Å². The van der Waals surface area contributed by atoms with Crippen molar-refractivity contribution in [1.82, 2.24) is 9.78 Å². The average Bonchev–Trinajstić information content (AvgIpc) is 2.83. The molecule has 0 N–H and O–H groups in total. The number of carbonyl (C=O) groups is 1. The van der Waals surface area contributed by atoms with Crippen molar-refractivity contribution in [2.75, 3.05) is 7.11 Å². The number of ether oxygens (including phenoxy) is 2. The second-order valence-corrected chi connectivity index (χ2v) is 4.79. The topological polar surface area (TPSA) is 53.4 Å². The molecule has 2 aromatic rings. The average molecular weight is 322 g/mol. The standard InChI is InChI=1S/C16H16F2N2O3/c1-10-12(9-20(2)19-10)13(21)6-4-11-5-7-14(22-3)15(8-11)23-16(17)18/h4-9,16H,1-3H3. The van der Waals surface area contributed by atoms with E-state index >= 15 is 0 Å². The highest BCUT2D eigenvalue weighted by Gasteiger charge is 2.12. The largest absolute Gasteiger partial charge is 0.493 e. The van der Waals surface area contributed by atoms with E-state index in [1.54, 1.807) is 30.9 Å². The third kappa shape index (κ3) is 4.15. The minimum Gasteiger partial charge on any atom is -0.493 e. The molecule has 0 aliphatic heterocycles. The lowest BCUT2D eigenvalue weighted by Gasteiger charge is -2.10. The molecule has 1 heterocycles. The monoisotopic (exact) mass is 322 g/mol. The van der Waals surface area contributed by atoms with Crippen LogP contribution in [0.5, 0.6) is 11.5 Å². The molecule has 5 nitrogen and oxygen atoms in total. The van der Waals surface area contributed by atoms with E-state index in [0.717, 1.165) is 0 Å². The molecule has 1 aromatic carbocycles. The summed E-state index contributed by atoms with van der Waals surface area (Å²) in [5.41, 5.74) is 1.65. The highest BCUT2D eigenvalue weighted by Crippen LogP contribution is 2.30. The van der Waals surface area contributed by atoms with Crippen LogP contribution in [0.3, 0.4) is 0 Å². The van der Waals surface area contributed by atoms with Crippen LogP contribution < -0.4 is 9.47 Å². The molecular weight excluding hydrogens is 306 g/mol. The number of ketones is 1. The lowest BCUT2D eigenvalue weighted by Crippen LogP contribution is -2.03. The van der Waals surface area contributed by atoms with Crippen LogP contribution in [0, 0.1) is 6.92 Å². The van der Waals surface area contributed by atoms with E-state index in [-0.39, 0.29) is 17.3 Å². The van der Waals surface area contributed by atoms with Crippen LogP contribution in [0.1, 0.15) is 21.6 Å². The predicted molar refractivity (Wildman–Crippen MR) is 80.9 cm³/mol. The smallest absolute Gasteiger partial charge is 0.387 e. The molecule has 0 aliphatic carbocycles. The Kier molecular flexibility index (Phi) is 5.10. The van der Waals surface area contributed by atoms with Gasteiger partial charge in [0.1, 0.15) is 0 Å². The number of halogens is 2. The van der Waals surface area contributed by atoms with Crippen LogP contribution in [-0.2, 0) is 7.05 Å². The number of hydrogen-bond donors (Lipinski definition) is 0. The van der Waals surface area contributed by atoms with Crippen molar-refractivity contribution in [3.05, 3.63) is 47.3 Å². The SMILES string of the molecule is COc1ccc(C=CC(=O)c2cn(C)nc2C)cc1OC(F)F. The molecule has 7 heteroatoms. The summed E-state index contributed by atoms with van der Waals surface area (Å²) in [5, 5.41) is 4.10. The zero-order valence-corrected chi connectivity index (χ0v) is 12.9. The van der Waals surface area contributed by atoms with Crippen molar-refractivity contribution in [1.29, 1.82) is 0 Å². The molecule has 1 aromatic heterocycles. The number of allylic oxidation sites excluding steroid dienone is 1. The van der Waals surface area contributed by atoms with Gasteiger partial charge in [0.2, 0.25) is 0 Å². The van der Waals surface area contributed by atoms with E-state index in [2.05, 4.69) is 9.84 Å². The number of rotatable bonds is 6. The molecular formula is C16H16F2N2O3. The maximum Gasteiger partial charge on any atom is 0.387 e. The van der Waals surface area contributed by atoms with E-state index in [0.29, 0.717) is 16.8 Å². The maximum atomic E-state index is 12.4. The van der Waals surface area contributed by atoms with Gasteiger partial charge >= 0.3 is 6.61 Å². The molecule has 0 spiro atoms.